The van der Waals surface area contributed by atoms with E-state index in [1.165, 1.54) is 13.0 Å². The number of nitrogens with zero attached hydrogens (tertiary/aromatic N) is 1. The number of nitrogens with one attached hydrogen (secondary N) is 1. The average molecular weight is 234 g/mol. The maximum Gasteiger partial charge on any atom is 0.151 e. The van der Waals surface area contributed by atoms with Gasteiger partial charge in [0.05, 0.1) is 5.75 Å². The van der Waals surface area contributed by atoms with Crippen molar-refractivity contribution in [2.75, 3.05) is 44.7 Å². The van der Waals surface area contributed by atoms with Crippen LogP contribution in [0.3, 0.4) is 0 Å². The molecular weight excluding hydrogens is 212 g/mol. The van der Waals surface area contributed by atoms with Crippen LogP contribution in [-0.4, -0.2) is 58.1 Å². The van der Waals surface area contributed by atoms with E-state index in [2.05, 4.69) is 17.3 Å². The van der Waals surface area contributed by atoms with E-state index in [0.717, 1.165) is 13.1 Å². The molecule has 1 N–H and O–H groups in total. The molecule has 0 spiro atoms. The second-order valence-electron chi connectivity index (χ2n) is 4.36. The molecule has 1 unspecified atom stereocenters. The predicted molar refractivity (Wildman–Crippen MR) is 62.8 cm³/mol. The van der Waals surface area contributed by atoms with Crippen molar-refractivity contribution in [2.24, 2.45) is 5.92 Å². The normalized spacial score (nSPS) is 23.5. The zero-order valence-electron chi connectivity index (χ0n) is 9.70. The first-order valence-electron chi connectivity index (χ1n) is 5.63. The smallest absolute Gasteiger partial charge is 0.151 e. The molecule has 0 aromatic heterocycles. The van der Waals surface area contributed by atoms with Gasteiger partial charge in [0.2, 0.25) is 0 Å². The van der Waals surface area contributed by atoms with Crippen LogP contribution in [-0.2, 0) is 9.84 Å². The summed E-state index contributed by atoms with van der Waals surface area (Å²) in [4.78, 5) is 2.31. The van der Waals surface area contributed by atoms with Crippen LogP contribution >= 0.6 is 0 Å². The minimum atomic E-state index is -2.80. The summed E-state index contributed by atoms with van der Waals surface area (Å²) in [5, 5.41) is 3.23. The van der Waals surface area contributed by atoms with Crippen molar-refractivity contribution in [3.05, 3.63) is 0 Å². The molecule has 90 valence electrons. The van der Waals surface area contributed by atoms with Gasteiger partial charge in [-0.05, 0) is 32.5 Å². The summed E-state index contributed by atoms with van der Waals surface area (Å²) < 4.78 is 22.4. The van der Waals surface area contributed by atoms with Crippen molar-refractivity contribution in [1.82, 2.24) is 10.2 Å². The van der Waals surface area contributed by atoms with E-state index in [-0.39, 0.29) is 11.5 Å². The standard InChI is InChI=1S/C10H22N2O2S/c1-3-15(13,14)7-5-11-8-10-4-6-12(2)9-10/h10-11H,3-9H2,1-2H3. The Hall–Kier alpha value is -0.130. The number of hydrogen-bond acceptors (Lipinski definition) is 4. The highest BCUT2D eigenvalue weighted by molar-refractivity contribution is 7.91. The molecule has 1 aliphatic heterocycles. The Morgan fingerprint density at radius 2 is 2.20 bits per heavy atom. The lowest BCUT2D eigenvalue weighted by Crippen LogP contribution is -2.29. The molecule has 1 heterocycles. The molecule has 0 aliphatic carbocycles. The molecule has 0 amide bonds. The molecule has 1 saturated heterocycles. The Kier molecular flexibility index (Phi) is 5.02. The molecule has 0 aromatic rings. The van der Waals surface area contributed by atoms with Crippen molar-refractivity contribution >= 4 is 9.84 Å². The fraction of sp³-hybridized carbons (Fsp3) is 1.00. The average Bonchev–Trinajstić information content (AvgIpc) is 2.59. The van der Waals surface area contributed by atoms with E-state index in [9.17, 15) is 8.42 Å². The quantitative estimate of drug-likeness (QED) is 0.655. The Morgan fingerprint density at radius 3 is 2.73 bits per heavy atom. The SMILES string of the molecule is CCS(=O)(=O)CCNCC1CCN(C)C1. The second-order valence-corrected chi connectivity index (χ2v) is 6.83. The van der Waals surface area contributed by atoms with E-state index in [1.54, 1.807) is 6.92 Å². The van der Waals surface area contributed by atoms with Crippen LogP contribution < -0.4 is 5.32 Å². The topological polar surface area (TPSA) is 49.4 Å². The van der Waals surface area contributed by atoms with Crippen LogP contribution in [0, 0.1) is 5.92 Å². The van der Waals surface area contributed by atoms with E-state index in [1.807, 2.05) is 0 Å². The molecule has 1 aliphatic rings. The number of sulfone groups is 1. The third-order valence-electron chi connectivity index (χ3n) is 2.95. The number of hydrogen-bond donors (Lipinski definition) is 1. The van der Waals surface area contributed by atoms with Gasteiger partial charge in [0.15, 0.2) is 9.84 Å². The van der Waals surface area contributed by atoms with Crippen LogP contribution in [0.5, 0.6) is 0 Å². The first-order chi connectivity index (χ1) is 7.03. The van der Waals surface area contributed by atoms with Crippen LogP contribution in [0.2, 0.25) is 0 Å². The minimum Gasteiger partial charge on any atom is -0.315 e. The first-order valence-corrected chi connectivity index (χ1v) is 7.45. The summed E-state index contributed by atoms with van der Waals surface area (Å²) >= 11 is 0. The van der Waals surface area contributed by atoms with E-state index < -0.39 is 9.84 Å². The largest absolute Gasteiger partial charge is 0.315 e. The van der Waals surface area contributed by atoms with Gasteiger partial charge in [-0.3, -0.25) is 0 Å². The van der Waals surface area contributed by atoms with Gasteiger partial charge in [-0.25, -0.2) is 8.42 Å². The third kappa shape index (κ3) is 4.95. The molecule has 1 atom stereocenters. The highest BCUT2D eigenvalue weighted by Gasteiger charge is 2.18. The number of likely N-dealkylation sites (tertiary alicyclic amines) is 1. The molecule has 1 fully saturated rings. The summed E-state index contributed by atoms with van der Waals surface area (Å²) in [7, 11) is -0.672. The van der Waals surface area contributed by atoms with Gasteiger partial charge in [0.25, 0.3) is 0 Å². The van der Waals surface area contributed by atoms with Crippen molar-refractivity contribution in [3.8, 4) is 0 Å². The van der Waals surface area contributed by atoms with Gasteiger partial charge >= 0.3 is 0 Å². The second kappa shape index (κ2) is 5.82. The lowest BCUT2D eigenvalue weighted by Gasteiger charge is -2.11. The number of rotatable bonds is 6. The Balaban J connectivity index is 2.07. The minimum absolute atomic E-state index is 0.251. The van der Waals surface area contributed by atoms with Gasteiger partial charge in [-0.1, -0.05) is 6.92 Å². The summed E-state index contributed by atoms with van der Waals surface area (Å²) in [6, 6.07) is 0. The van der Waals surface area contributed by atoms with Gasteiger partial charge in [-0.15, -0.1) is 0 Å². The zero-order valence-corrected chi connectivity index (χ0v) is 10.5. The van der Waals surface area contributed by atoms with E-state index in [4.69, 9.17) is 0 Å². The van der Waals surface area contributed by atoms with Crippen molar-refractivity contribution < 1.29 is 8.42 Å². The van der Waals surface area contributed by atoms with Crippen LogP contribution in [0.1, 0.15) is 13.3 Å². The molecular formula is C10H22N2O2S. The highest BCUT2D eigenvalue weighted by atomic mass is 32.2. The summed E-state index contributed by atoms with van der Waals surface area (Å²) in [5.41, 5.74) is 0. The fourth-order valence-electron chi connectivity index (χ4n) is 1.87. The molecule has 0 radical (unpaired) electrons. The Bertz CT molecular complexity index is 277. The third-order valence-corrected chi connectivity index (χ3v) is 4.66. The molecule has 15 heavy (non-hydrogen) atoms. The summed E-state index contributed by atoms with van der Waals surface area (Å²) in [6.07, 6.45) is 1.23. The molecule has 1 rings (SSSR count). The van der Waals surface area contributed by atoms with Crippen molar-refractivity contribution in [3.63, 3.8) is 0 Å². The Morgan fingerprint density at radius 1 is 1.47 bits per heavy atom. The van der Waals surface area contributed by atoms with Crippen LogP contribution in [0.25, 0.3) is 0 Å². The monoisotopic (exact) mass is 234 g/mol. The van der Waals surface area contributed by atoms with E-state index >= 15 is 0 Å². The van der Waals surface area contributed by atoms with E-state index in [0.29, 0.717) is 12.5 Å². The van der Waals surface area contributed by atoms with Gasteiger partial charge < -0.3 is 10.2 Å². The fourth-order valence-corrected chi connectivity index (χ4v) is 2.62. The lowest BCUT2D eigenvalue weighted by atomic mass is 10.1. The van der Waals surface area contributed by atoms with Gasteiger partial charge in [0, 0.05) is 18.8 Å². The molecule has 0 bridgehead atoms. The molecule has 0 aromatic carbocycles. The zero-order chi connectivity index (χ0) is 11.3. The lowest BCUT2D eigenvalue weighted by molar-refractivity contribution is 0.389. The van der Waals surface area contributed by atoms with Crippen molar-refractivity contribution in [2.45, 2.75) is 13.3 Å². The first kappa shape index (κ1) is 12.9. The Labute approximate surface area is 93.0 Å². The maximum atomic E-state index is 11.2. The van der Waals surface area contributed by atoms with Gasteiger partial charge in [0.1, 0.15) is 0 Å². The predicted octanol–water partition coefficient (Wildman–Crippen LogP) is -0.0376. The maximum absolute atomic E-state index is 11.2. The molecule has 4 nitrogen and oxygen atoms in total. The molecule has 0 saturated carbocycles. The van der Waals surface area contributed by atoms with Crippen molar-refractivity contribution in [1.29, 1.82) is 0 Å². The summed E-state index contributed by atoms with van der Waals surface area (Å²) in [5.74, 6) is 1.21. The molecule has 5 heteroatoms. The highest BCUT2D eigenvalue weighted by Crippen LogP contribution is 2.12. The van der Waals surface area contributed by atoms with Gasteiger partial charge in [-0.2, -0.15) is 0 Å². The summed E-state index contributed by atoms with van der Waals surface area (Å²) in [6.45, 7) is 5.54. The van der Waals surface area contributed by atoms with Crippen LogP contribution in [0.4, 0.5) is 0 Å². The van der Waals surface area contributed by atoms with Crippen LogP contribution in [0.15, 0.2) is 0 Å².